The first-order chi connectivity index (χ1) is 13.7. The molecule has 4 aromatic rings. The van der Waals surface area contributed by atoms with Gasteiger partial charge < -0.3 is 4.74 Å². The normalized spacial score (nSPS) is 12.1. The van der Waals surface area contributed by atoms with E-state index in [9.17, 15) is 4.79 Å². The topological polar surface area (TPSA) is 56.5 Å². The molecule has 0 aliphatic rings. The summed E-state index contributed by atoms with van der Waals surface area (Å²) < 4.78 is 7.06. The number of benzene rings is 2. The van der Waals surface area contributed by atoms with Gasteiger partial charge in [-0.25, -0.2) is 9.50 Å². The van der Waals surface area contributed by atoms with Gasteiger partial charge in [-0.1, -0.05) is 54.1 Å². The molecule has 140 valence electrons. The number of ether oxygens (including phenoxy) is 1. The van der Waals surface area contributed by atoms with Crippen LogP contribution in [-0.4, -0.2) is 27.2 Å². The molecule has 0 saturated carbocycles. The Bertz CT molecular complexity index is 1110. The lowest BCUT2D eigenvalue weighted by atomic mass is 9.95. The maximum atomic E-state index is 12.8. The second kappa shape index (κ2) is 7.82. The number of nitrogens with zero attached hydrogens (tertiary/aromatic N) is 3. The molecule has 2 aromatic carbocycles. The summed E-state index contributed by atoms with van der Waals surface area (Å²) in [5.41, 5.74) is 4.04. The van der Waals surface area contributed by atoms with E-state index in [4.69, 9.17) is 16.3 Å². The third-order valence-corrected chi connectivity index (χ3v) is 4.79. The summed E-state index contributed by atoms with van der Waals surface area (Å²) in [7, 11) is 0. The highest BCUT2D eigenvalue weighted by Gasteiger charge is 2.27. The van der Waals surface area contributed by atoms with E-state index in [0.29, 0.717) is 23.0 Å². The van der Waals surface area contributed by atoms with Gasteiger partial charge in [0.1, 0.15) is 5.92 Å². The smallest absolute Gasteiger partial charge is 0.319 e. The van der Waals surface area contributed by atoms with Gasteiger partial charge in [-0.3, -0.25) is 4.79 Å². The van der Waals surface area contributed by atoms with Crippen molar-refractivity contribution < 1.29 is 9.53 Å². The first-order valence-corrected chi connectivity index (χ1v) is 9.37. The highest BCUT2D eigenvalue weighted by atomic mass is 35.5. The summed E-state index contributed by atoms with van der Waals surface area (Å²) >= 11 is 6.00. The van der Waals surface area contributed by atoms with Crippen LogP contribution in [0, 0.1) is 0 Å². The number of fused-ring (bicyclic) bond motifs is 1. The fraction of sp³-hybridized carbons (Fsp3) is 0.136. The third kappa shape index (κ3) is 3.37. The van der Waals surface area contributed by atoms with Crippen LogP contribution in [0.15, 0.2) is 73.1 Å². The van der Waals surface area contributed by atoms with E-state index in [0.717, 1.165) is 16.7 Å². The van der Waals surface area contributed by atoms with Crippen molar-refractivity contribution in [1.82, 2.24) is 14.6 Å². The first kappa shape index (κ1) is 18.2. The van der Waals surface area contributed by atoms with Crippen LogP contribution in [0.3, 0.4) is 0 Å². The number of carbonyl (C=O) groups is 1. The molecule has 0 bridgehead atoms. The molecule has 1 atom stereocenters. The largest absolute Gasteiger partial charge is 0.465 e. The molecule has 1 unspecified atom stereocenters. The van der Waals surface area contributed by atoms with Crippen LogP contribution in [0.4, 0.5) is 0 Å². The highest BCUT2D eigenvalue weighted by Crippen LogP contribution is 2.30. The van der Waals surface area contributed by atoms with Crippen LogP contribution in [0.1, 0.15) is 24.1 Å². The Morgan fingerprint density at radius 1 is 1.11 bits per heavy atom. The molecule has 0 aliphatic heterocycles. The van der Waals surface area contributed by atoms with Crippen LogP contribution in [-0.2, 0) is 9.53 Å². The minimum absolute atomic E-state index is 0.311. The molecule has 6 heteroatoms. The minimum Gasteiger partial charge on any atom is -0.465 e. The number of aromatic nitrogens is 3. The highest BCUT2D eigenvalue weighted by molar-refractivity contribution is 6.30. The van der Waals surface area contributed by atoms with E-state index in [-0.39, 0.29) is 5.97 Å². The van der Waals surface area contributed by atoms with E-state index in [1.807, 2.05) is 54.6 Å². The van der Waals surface area contributed by atoms with Gasteiger partial charge in [-0.05, 0) is 36.2 Å². The van der Waals surface area contributed by atoms with Gasteiger partial charge in [0.25, 0.3) is 0 Å². The van der Waals surface area contributed by atoms with E-state index >= 15 is 0 Å². The van der Waals surface area contributed by atoms with Gasteiger partial charge in [0.05, 0.1) is 18.5 Å². The van der Waals surface area contributed by atoms with Crippen LogP contribution >= 0.6 is 11.6 Å². The van der Waals surface area contributed by atoms with E-state index in [2.05, 4.69) is 10.1 Å². The molecule has 0 saturated heterocycles. The molecule has 0 N–H and O–H groups in total. The summed E-state index contributed by atoms with van der Waals surface area (Å²) in [6.45, 7) is 2.11. The summed E-state index contributed by atoms with van der Waals surface area (Å²) in [5.74, 6) is -0.908. The molecule has 5 nitrogen and oxygen atoms in total. The molecule has 0 spiro atoms. The fourth-order valence-electron chi connectivity index (χ4n) is 3.26. The van der Waals surface area contributed by atoms with Gasteiger partial charge in [0, 0.05) is 16.8 Å². The molecule has 2 aromatic heterocycles. The number of hydrogen-bond donors (Lipinski definition) is 0. The van der Waals surface area contributed by atoms with Crippen molar-refractivity contribution >= 4 is 23.2 Å². The Hall–Kier alpha value is -3.18. The van der Waals surface area contributed by atoms with Gasteiger partial charge in [0.15, 0.2) is 5.65 Å². The fourth-order valence-corrected chi connectivity index (χ4v) is 3.39. The van der Waals surface area contributed by atoms with Crippen molar-refractivity contribution in [3.63, 3.8) is 0 Å². The van der Waals surface area contributed by atoms with Crippen LogP contribution < -0.4 is 0 Å². The summed E-state index contributed by atoms with van der Waals surface area (Å²) in [6, 6.07) is 18.9. The molecule has 0 fully saturated rings. The minimum atomic E-state index is -0.593. The average molecular weight is 392 g/mol. The number of halogens is 1. The van der Waals surface area contributed by atoms with Gasteiger partial charge >= 0.3 is 5.97 Å². The number of hydrogen-bond acceptors (Lipinski definition) is 4. The lowest BCUT2D eigenvalue weighted by Crippen LogP contribution is -2.20. The van der Waals surface area contributed by atoms with Crippen molar-refractivity contribution in [2.24, 2.45) is 0 Å². The lowest BCUT2D eigenvalue weighted by molar-refractivity contribution is -0.144. The molecule has 0 radical (unpaired) electrons. The maximum Gasteiger partial charge on any atom is 0.319 e. The second-order valence-electron chi connectivity index (χ2n) is 6.27. The standard InChI is InChI=1S/C22H18ClN3O2/c1-2-28-22(27)20(16-6-4-3-5-7-16)19-12-13-24-21-18(14-25-26(19)21)15-8-10-17(23)11-9-15/h3-14,20H,2H2,1H3. The van der Waals surface area contributed by atoms with Crippen molar-refractivity contribution in [3.8, 4) is 11.1 Å². The Labute approximate surface area is 167 Å². The Morgan fingerprint density at radius 3 is 2.57 bits per heavy atom. The van der Waals surface area contributed by atoms with Gasteiger partial charge in [-0.15, -0.1) is 0 Å². The maximum absolute atomic E-state index is 12.8. The van der Waals surface area contributed by atoms with Crippen LogP contribution in [0.2, 0.25) is 5.02 Å². The zero-order chi connectivity index (χ0) is 19.5. The zero-order valence-electron chi connectivity index (χ0n) is 15.2. The summed E-state index contributed by atoms with van der Waals surface area (Å²) in [5, 5.41) is 5.19. The van der Waals surface area contributed by atoms with Crippen LogP contribution in [0.25, 0.3) is 16.8 Å². The van der Waals surface area contributed by atoms with Crippen LogP contribution in [0.5, 0.6) is 0 Å². The average Bonchev–Trinajstić information content (AvgIpc) is 3.15. The number of carbonyl (C=O) groups excluding carboxylic acids is 1. The molecule has 4 rings (SSSR count). The Morgan fingerprint density at radius 2 is 1.86 bits per heavy atom. The monoisotopic (exact) mass is 391 g/mol. The molecular formula is C22H18ClN3O2. The number of rotatable bonds is 5. The molecule has 0 amide bonds. The van der Waals surface area contributed by atoms with Crippen molar-refractivity contribution in [2.45, 2.75) is 12.8 Å². The van der Waals surface area contributed by atoms with Gasteiger partial charge in [0.2, 0.25) is 0 Å². The lowest BCUT2D eigenvalue weighted by Gasteiger charge is -2.17. The summed E-state index contributed by atoms with van der Waals surface area (Å²) in [6.07, 6.45) is 3.45. The molecular weight excluding hydrogens is 374 g/mol. The van der Waals surface area contributed by atoms with Crippen molar-refractivity contribution in [2.75, 3.05) is 6.61 Å². The van der Waals surface area contributed by atoms with Gasteiger partial charge in [-0.2, -0.15) is 5.10 Å². The zero-order valence-corrected chi connectivity index (χ0v) is 16.0. The van der Waals surface area contributed by atoms with Crippen molar-refractivity contribution in [1.29, 1.82) is 0 Å². The second-order valence-corrected chi connectivity index (χ2v) is 6.70. The first-order valence-electron chi connectivity index (χ1n) is 8.99. The quantitative estimate of drug-likeness (QED) is 0.461. The molecule has 2 heterocycles. The van der Waals surface area contributed by atoms with E-state index in [1.54, 1.807) is 29.9 Å². The summed E-state index contributed by atoms with van der Waals surface area (Å²) in [4.78, 5) is 17.3. The predicted octanol–water partition coefficient (Wildman–Crippen LogP) is 4.74. The Kier molecular flexibility index (Phi) is 5.08. The van der Waals surface area contributed by atoms with E-state index in [1.165, 1.54) is 0 Å². The van der Waals surface area contributed by atoms with Crippen molar-refractivity contribution in [3.05, 3.63) is 89.3 Å². The number of esters is 1. The molecule has 28 heavy (non-hydrogen) atoms. The Balaban J connectivity index is 1.87. The SMILES string of the molecule is CCOC(=O)C(c1ccccc1)c1ccnc2c(-c3ccc(Cl)cc3)cnn12. The molecule has 0 aliphatic carbocycles. The predicted molar refractivity (Wildman–Crippen MR) is 108 cm³/mol. The third-order valence-electron chi connectivity index (χ3n) is 4.54. The van der Waals surface area contributed by atoms with E-state index < -0.39 is 5.92 Å².